The Balaban J connectivity index is 1.72. The summed E-state index contributed by atoms with van der Waals surface area (Å²) in [6.45, 7) is 0. The third kappa shape index (κ3) is 4.60. The lowest BCUT2D eigenvalue weighted by atomic mass is 10.1. The van der Waals surface area contributed by atoms with Gasteiger partial charge in [0, 0.05) is 17.1 Å². The Morgan fingerprint density at radius 1 is 1.26 bits per heavy atom. The molecule has 2 aromatic rings. The summed E-state index contributed by atoms with van der Waals surface area (Å²) < 4.78 is 0.186. The summed E-state index contributed by atoms with van der Waals surface area (Å²) in [6, 6.07) is 13.2. The van der Waals surface area contributed by atoms with Gasteiger partial charge in [-0.2, -0.15) is 5.01 Å². The largest absolute Gasteiger partial charge is 0.507 e. The molecule has 27 heavy (non-hydrogen) atoms. The topological polar surface area (TPSA) is 81.7 Å². The molecule has 1 saturated heterocycles. The standard InChI is InChI=1S/C18H14ClN3O3S2/c19-10-11-6-7-12(14(23)8-11)9-15-16(24)22(18(26)27-15)21-17(25)20-13-4-2-1-3-5-13/h1-9,23H,10H2,(H2,20,21,25). The third-order valence-corrected chi connectivity index (χ3v) is 5.19. The fourth-order valence-electron chi connectivity index (χ4n) is 2.28. The Bertz CT molecular complexity index is 935. The predicted octanol–water partition coefficient (Wildman–Crippen LogP) is 4.07. The maximum absolute atomic E-state index is 12.5. The first kappa shape index (κ1) is 19.2. The van der Waals surface area contributed by atoms with E-state index in [2.05, 4.69) is 10.7 Å². The molecule has 6 nitrogen and oxygen atoms in total. The maximum atomic E-state index is 12.5. The normalized spacial score (nSPS) is 15.3. The number of para-hydroxylation sites is 1. The molecule has 138 valence electrons. The number of phenols is 1. The average Bonchev–Trinajstić information content (AvgIpc) is 2.91. The Hall–Kier alpha value is -2.55. The van der Waals surface area contributed by atoms with Crippen LogP contribution in [-0.4, -0.2) is 26.4 Å². The number of hydrogen-bond donors (Lipinski definition) is 3. The van der Waals surface area contributed by atoms with Crippen LogP contribution in [0.15, 0.2) is 53.4 Å². The number of carbonyl (C=O) groups is 2. The number of urea groups is 1. The zero-order valence-electron chi connectivity index (χ0n) is 13.8. The number of anilines is 1. The fourth-order valence-corrected chi connectivity index (χ4v) is 3.62. The second kappa shape index (κ2) is 8.43. The molecule has 1 aliphatic rings. The van der Waals surface area contributed by atoms with Crippen LogP contribution in [0.1, 0.15) is 11.1 Å². The van der Waals surface area contributed by atoms with Gasteiger partial charge in [0.05, 0.1) is 4.91 Å². The molecule has 0 unspecified atom stereocenters. The van der Waals surface area contributed by atoms with Crippen molar-refractivity contribution in [2.24, 2.45) is 0 Å². The molecule has 3 rings (SSSR count). The van der Waals surface area contributed by atoms with Crippen LogP contribution in [0.5, 0.6) is 5.75 Å². The number of benzene rings is 2. The summed E-state index contributed by atoms with van der Waals surface area (Å²) >= 11 is 11.9. The van der Waals surface area contributed by atoms with Crippen molar-refractivity contribution in [3.63, 3.8) is 0 Å². The molecule has 3 amide bonds. The molecule has 1 aliphatic heterocycles. The van der Waals surface area contributed by atoms with Crippen molar-refractivity contribution in [3.05, 3.63) is 64.6 Å². The van der Waals surface area contributed by atoms with Crippen LogP contribution >= 0.6 is 35.6 Å². The van der Waals surface area contributed by atoms with Crippen LogP contribution in [0.3, 0.4) is 0 Å². The molecular weight excluding hydrogens is 406 g/mol. The van der Waals surface area contributed by atoms with E-state index in [0.29, 0.717) is 11.3 Å². The smallest absolute Gasteiger partial charge is 0.338 e. The highest BCUT2D eigenvalue weighted by atomic mass is 35.5. The van der Waals surface area contributed by atoms with Gasteiger partial charge in [-0.25, -0.2) is 10.2 Å². The molecule has 0 atom stereocenters. The summed E-state index contributed by atoms with van der Waals surface area (Å²) in [4.78, 5) is 24.9. The number of alkyl halides is 1. The molecule has 0 bridgehead atoms. The number of thioether (sulfide) groups is 1. The lowest BCUT2D eigenvalue weighted by Gasteiger charge is -2.16. The van der Waals surface area contributed by atoms with Crippen molar-refractivity contribution in [1.82, 2.24) is 10.4 Å². The van der Waals surface area contributed by atoms with E-state index in [4.69, 9.17) is 23.8 Å². The van der Waals surface area contributed by atoms with Crippen LogP contribution in [0.4, 0.5) is 10.5 Å². The number of aromatic hydroxyl groups is 1. The molecule has 9 heteroatoms. The Kier molecular flexibility index (Phi) is 6.00. The molecule has 0 aromatic heterocycles. The van der Waals surface area contributed by atoms with Gasteiger partial charge in [0.25, 0.3) is 5.91 Å². The number of hydrogen-bond acceptors (Lipinski definition) is 5. The second-order valence-electron chi connectivity index (χ2n) is 5.48. The minimum atomic E-state index is -0.590. The van der Waals surface area contributed by atoms with Crippen molar-refractivity contribution < 1.29 is 14.7 Å². The summed E-state index contributed by atoms with van der Waals surface area (Å²) in [5.74, 6) is -0.196. The van der Waals surface area contributed by atoms with E-state index in [1.807, 2.05) is 6.07 Å². The number of hydrazine groups is 1. The number of nitrogens with zero attached hydrogens (tertiary/aromatic N) is 1. The van der Waals surface area contributed by atoms with Crippen molar-refractivity contribution >= 4 is 63.6 Å². The number of halogens is 1. The first-order chi connectivity index (χ1) is 13.0. The number of carbonyl (C=O) groups excluding carboxylic acids is 2. The van der Waals surface area contributed by atoms with E-state index in [9.17, 15) is 14.7 Å². The number of phenolic OH excluding ortho intramolecular Hbond substituents is 1. The van der Waals surface area contributed by atoms with Gasteiger partial charge in [-0.05, 0) is 42.1 Å². The second-order valence-corrected chi connectivity index (χ2v) is 7.42. The first-order valence-corrected chi connectivity index (χ1v) is 9.52. The lowest BCUT2D eigenvalue weighted by Crippen LogP contribution is -2.46. The molecule has 2 aromatic carbocycles. The van der Waals surface area contributed by atoms with Gasteiger partial charge < -0.3 is 10.4 Å². The van der Waals surface area contributed by atoms with Gasteiger partial charge in [-0.1, -0.05) is 42.1 Å². The Morgan fingerprint density at radius 2 is 2.00 bits per heavy atom. The van der Waals surface area contributed by atoms with Crippen LogP contribution in [0.2, 0.25) is 0 Å². The zero-order chi connectivity index (χ0) is 19.4. The lowest BCUT2D eigenvalue weighted by molar-refractivity contribution is -0.123. The Morgan fingerprint density at radius 3 is 2.67 bits per heavy atom. The molecule has 0 radical (unpaired) electrons. The highest BCUT2D eigenvalue weighted by Gasteiger charge is 2.33. The molecule has 3 N–H and O–H groups in total. The third-order valence-electron chi connectivity index (χ3n) is 3.57. The van der Waals surface area contributed by atoms with Gasteiger partial charge in [0.1, 0.15) is 5.75 Å². The highest BCUT2D eigenvalue weighted by Crippen LogP contribution is 2.33. The molecule has 1 heterocycles. The van der Waals surface area contributed by atoms with Crippen LogP contribution in [-0.2, 0) is 10.7 Å². The van der Waals surface area contributed by atoms with E-state index in [1.54, 1.807) is 36.4 Å². The van der Waals surface area contributed by atoms with E-state index in [0.717, 1.165) is 22.3 Å². The first-order valence-electron chi connectivity index (χ1n) is 7.76. The van der Waals surface area contributed by atoms with Crippen molar-refractivity contribution in [3.8, 4) is 5.75 Å². The van der Waals surface area contributed by atoms with Gasteiger partial charge in [-0.15, -0.1) is 11.6 Å². The van der Waals surface area contributed by atoms with Crippen LogP contribution in [0, 0.1) is 0 Å². The molecule has 0 spiro atoms. The number of nitrogens with one attached hydrogen (secondary N) is 2. The minimum absolute atomic E-state index is 0.00759. The van der Waals surface area contributed by atoms with E-state index < -0.39 is 11.9 Å². The van der Waals surface area contributed by atoms with E-state index in [1.165, 1.54) is 12.1 Å². The molecule has 0 aliphatic carbocycles. The van der Waals surface area contributed by atoms with Crippen molar-refractivity contribution in [1.29, 1.82) is 0 Å². The fraction of sp³-hybridized carbons (Fsp3) is 0.0556. The number of amides is 3. The van der Waals surface area contributed by atoms with Gasteiger partial charge in [-0.3, -0.25) is 4.79 Å². The van der Waals surface area contributed by atoms with Gasteiger partial charge in [0.15, 0.2) is 4.32 Å². The quantitative estimate of drug-likeness (QED) is 0.395. The predicted molar refractivity (Wildman–Crippen MR) is 111 cm³/mol. The average molecular weight is 420 g/mol. The summed E-state index contributed by atoms with van der Waals surface area (Å²) in [5.41, 5.74) is 4.23. The Labute approximate surface area is 170 Å². The van der Waals surface area contributed by atoms with Gasteiger partial charge >= 0.3 is 6.03 Å². The number of thiocarbonyl (C=S) groups is 1. The van der Waals surface area contributed by atoms with Crippen molar-refractivity contribution in [2.45, 2.75) is 5.88 Å². The van der Waals surface area contributed by atoms with Crippen molar-refractivity contribution in [2.75, 3.05) is 5.32 Å². The maximum Gasteiger partial charge on any atom is 0.338 e. The monoisotopic (exact) mass is 419 g/mol. The SMILES string of the molecule is O=C(Nc1ccccc1)NN1C(=O)C(=Cc2ccc(CCl)cc2O)SC1=S. The zero-order valence-corrected chi connectivity index (χ0v) is 16.2. The van der Waals surface area contributed by atoms with E-state index in [-0.39, 0.29) is 20.9 Å². The van der Waals surface area contributed by atoms with Crippen LogP contribution in [0.25, 0.3) is 6.08 Å². The van der Waals surface area contributed by atoms with Crippen LogP contribution < -0.4 is 10.7 Å². The molecule has 0 saturated carbocycles. The van der Waals surface area contributed by atoms with E-state index >= 15 is 0 Å². The minimum Gasteiger partial charge on any atom is -0.507 e. The molecule has 1 fully saturated rings. The highest BCUT2D eigenvalue weighted by molar-refractivity contribution is 8.26. The summed E-state index contributed by atoms with van der Waals surface area (Å²) in [7, 11) is 0. The molecular formula is C18H14ClN3O3S2. The summed E-state index contributed by atoms with van der Waals surface area (Å²) in [5, 5.41) is 13.7. The number of rotatable bonds is 4. The van der Waals surface area contributed by atoms with Gasteiger partial charge in [0.2, 0.25) is 0 Å². The summed E-state index contributed by atoms with van der Waals surface area (Å²) in [6.07, 6.45) is 1.52.